The molecule has 194 valence electrons. The van der Waals surface area contributed by atoms with E-state index < -0.39 is 85.5 Å². The van der Waals surface area contributed by atoms with Crippen molar-refractivity contribution in [2.45, 2.75) is 43.1 Å². The van der Waals surface area contributed by atoms with E-state index in [0.29, 0.717) is 0 Å². The highest BCUT2D eigenvalue weighted by Crippen LogP contribution is 1.98. The molecule has 17 heteroatoms. The van der Waals surface area contributed by atoms with Crippen molar-refractivity contribution in [2.75, 3.05) is 25.6 Å². The quantitative estimate of drug-likeness (QED) is 0.0868. The van der Waals surface area contributed by atoms with Crippen LogP contribution in [0.3, 0.4) is 0 Å². The molecule has 34 heavy (non-hydrogen) atoms. The van der Waals surface area contributed by atoms with Gasteiger partial charge in [0.1, 0.15) is 24.2 Å². The lowest BCUT2D eigenvalue weighted by molar-refractivity contribution is -0.143. The monoisotopic (exact) mass is 510 g/mol. The van der Waals surface area contributed by atoms with E-state index in [-0.39, 0.29) is 18.6 Å². The zero-order chi connectivity index (χ0) is 26.4. The lowest BCUT2D eigenvalue weighted by Gasteiger charge is -2.24. The van der Waals surface area contributed by atoms with Crippen LogP contribution in [0, 0.1) is 0 Å². The number of carbonyl (C=O) groups is 6. The molecule has 0 saturated carbocycles. The van der Waals surface area contributed by atoms with Crippen molar-refractivity contribution in [3.05, 3.63) is 0 Å². The molecule has 0 heterocycles. The van der Waals surface area contributed by atoms with Gasteiger partial charge in [0.2, 0.25) is 29.5 Å². The summed E-state index contributed by atoms with van der Waals surface area (Å²) < 4.78 is 0. The maximum absolute atomic E-state index is 12.4. The van der Waals surface area contributed by atoms with Gasteiger partial charge in [0.25, 0.3) is 0 Å². The molecule has 0 aliphatic heterocycles. The second kappa shape index (κ2) is 15.8. The zero-order valence-corrected chi connectivity index (χ0v) is 18.9. The maximum Gasteiger partial charge on any atom is 0.328 e. The highest BCUT2D eigenvalue weighted by Gasteiger charge is 2.30. The smallest absolute Gasteiger partial charge is 0.328 e. The summed E-state index contributed by atoms with van der Waals surface area (Å²) in [5, 5.41) is 44.9. The van der Waals surface area contributed by atoms with Gasteiger partial charge in [0, 0.05) is 12.2 Å². The molecule has 0 bridgehead atoms. The zero-order valence-electron chi connectivity index (χ0n) is 18.0. The van der Waals surface area contributed by atoms with Crippen LogP contribution in [0.25, 0.3) is 0 Å². The number of aliphatic hydroxyl groups is 3. The molecular formula is C17H30N6O10S. The average molecular weight is 511 g/mol. The summed E-state index contributed by atoms with van der Waals surface area (Å²) in [6.07, 6.45) is -0.239. The number of nitrogens with two attached hydrogens (primary N) is 2. The molecule has 5 amide bonds. The minimum atomic E-state index is -1.69. The Morgan fingerprint density at radius 2 is 1.09 bits per heavy atom. The van der Waals surface area contributed by atoms with Crippen molar-refractivity contribution >= 4 is 48.1 Å². The van der Waals surface area contributed by atoms with Gasteiger partial charge in [0.15, 0.2) is 0 Å². The van der Waals surface area contributed by atoms with E-state index >= 15 is 0 Å². The first-order chi connectivity index (χ1) is 15.9. The number of aliphatic hydroxyl groups excluding tert-OH is 3. The number of hydrogen-bond acceptors (Lipinski definition) is 11. The summed E-state index contributed by atoms with van der Waals surface area (Å²) in [6.45, 7) is -2.87. The summed E-state index contributed by atoms with van der Waals surface area (Å²) >= 11 is 3.93. The van der Waals surface area contributed by atoms with E-state index in [1.807, 2.05) is 10.6 Å². The first kappa shape index (κ1) is 31.0. The number of aliphatic carboxylic acids is 1. The fourth-order valence-corrected chi connectivity index (χ4v) is 2.55. The van der Waals surface area contributed by atoms with Crippen molar-refractivity contribution in [3.8, 4) is 0 Å². The standard InChI is InChI=1S/C17H30N6O10S/c18-7(1-2-12(19)27)13(28)23-11(6-34)16(31)21-8(3-24)14(29)20-9(4-25)15(30)22-10(5-26)17(32)33/h7-11,24-26,34H,1-6,18H2,(H2,19,27)(H,20,29)(H,21,31)(H,22,30)(H,23,28)(H,32,33)/t7-,8-,9-,10-,11-/m0/s1. The van der Waals surface area contributed by atoms with Crippen LogP contribution >= 0.6 is 12.6 Å². The molecule has 0 aliphatic carbocycles. The Balaban J connectivity index is 5.07. The van der Waals surface area contributed by atoms with Crippen molar-refractivity contribution < 1.29 is 49.2 Å². The maximum atomic E-state index is 12.4. The predicted molar refractivity (Wildman–Crippen MR) is 117 cm³/mol. The molecule has 16 nitrogen and oxygen atoms in total. The van der Waals surface area contributed by atoms with Gasteiger partial charge in [-0.2, -0.15) is 12.6 Å². The lowest BCUT2D eigenvalue weighted by atomic mass is 10.1. The molecule has 0 fully saturated rings. The molecule has 0 aliphatic rings. The highest BCUT2D eigenvalue weighted by molar-refractivity contribution is 7.80. The molecule has 0 saturated heterocycles. The third kappa shape index (κ3) is 10.8. The normalized spacial score (nSPS) is 15.1. The average Bonchev–Trinajstić information content (AvgIpc) is 2.79. The number of thiol groups is 1. The minimum absolute atomic E-state index is 0.0760. The van der Waals surface area contributed by atoms with Crippen LogP contribution in [-0.2, 0) is 28.8 Å². The van der Waals surface area contributed by atoms with Gasteiger partial charge in [-0.25, -0.2) is 4.79 Å². The van der Waals surface area contributed by atoms with Crippen molar-refractivity contribution in [1.29, 1.82) is 0 Å². The number of amides is 5. The number of primary amides is 1. The number of carboxylic acids is 1. The fraction of sp³-hybridized carbons (Fsp3) is 0.647. The van der Waals surface area contributed by atoms with E-state index in [9.17, 15) is 39.0 Å². The van der Waals surface area contributed by atoms with Gasteiger partial charge in [-0.1, -0.05) is 0 Å². The molecule has 0 aromatic carbocycles. The van der Waals surface area contributed by atoms with Crippen LogP contribution in [0.15, 0.2) is 0 Å². The van der Waals surface area contributed by atoms with Crippen LogP contribution in [0.4, 0.5) is 0 Å². The third-order valence-corrected chi connectivity index (χ3v) is 4.65. The third-order valence-electron chi connectivity index (χ3n) is 4.28. The number of hydrogen-bond donors (Lipinski definition) is 11. The Kier molecular flexibility index (Phi) is 14.4. The summed E-state index contributed by atoms with van der Waals surface area (Å²) in [5.74, 6) is -6.49. The van der Waals surface area contributed by atoms with Crippen molar-refractivity contribution in [2.24, 2.45) is 11.5 Å². The SMILES string of the molecule is NC(=O)CC[C@H](N)C(=O)N[C@@H](CS)C(=O)N[C@@H](CO)C(=O)N[C@@H](CO)C(=O)N[C@@H](CO)C(=O)O. The molecule has 0 spiro atoms. The number of rotatable bonds is 16. The fourth-order valence-electron chi connectivity index (χ4n) is 2.29. The molecule has 0 rings (SSSR count). The van der Waals surface area contributed by atoms with Crippen LogP contribution in [-0.4, -0.2) is 112 Å². The first-order valence-electron chi connectivity index (χ1n) is 9.83. The summed E-state index contributed by atoms with van der Waals surface area (Å²) in [5.41, 5.74) is 10.6. The van der Waals surface area contributed by atoms with Crippen LogP contribution in [0.1, 0.15) is 12.8 Å². The predicted octanol–water partition coefficient (Wildman–Crippen LogP) is -6.49. The van der Waals surface area contributed by atoms with Gasteiger partial charge in [-0.3, -0.25) is 24.0 Å². The molecule has 0 aromatic rings. The topological polar surface area (TPSA) is 284 Å². The first-order valence-corrected chi connectivity index (χ1v) is 10.5. The van der Waals surface area contributed by atoms with Crippen LogP contribution < -0.4 is 32.7 Å². The van der Waals surface area contributed by atoms with E-state index in [1.54, 1.807) is 0 Å². The number of carboxylic acid groups (broad SMARTS) is 1. The second-order valence-electron chi connectivity index (χ2n) is 6.92. The Morgan fingerprint density at radius 1 is 0.706 bits per heavy atom. The van der Waals surface area contributed by atoms with Gasteiger partial charge < -0.3 is 53.2 Å². The molecule has 5 atom stereocenters. The number of carbonyl (C=O) groups excluding carboxylic acids is 5. The van der Waals surface area contributed by atoms with Crippen LogP contribution in [0.2, 0.25) is 0 Å². The second-order valence-corrected chi connectivity index (χ2v) is 7.29. The molecule has 0 unspecified atom stereocenters. The molecule has 0 radical (unpaired) electrons. The van der Waals surface area contributed by atoms with Gasteiger partial charge in [-0.05, 0) is 6.42 Å². The number of nitrogens with one attached hydrogen (secondary N) is 4. The Hall–Kier alpha value is -2.99. The Labute approximate surface area is 199 Å². The van der Waals surface area contributed by atoms with Gasteiger partial charge >= 0.3 is 5.97 Å². The Morgan fingerprint density at radius 3 is 1.44 bits per heavy atom. The summed E-state index contributed by atoms with van der Waals surface area (Å²) in [4.78, 5) is 70.6. The summed E-state index contributed by atoms with van der Waals surface area (Å²) in [7, 11) is 0. The van der Waals surface area contributed by atoms with Crippen molar-refractivity contribution in [3.63, 3.8) is 0 Å². The Bertz CT molecular complexity index is 754. The minimum Gasteiger partial charge on any atom is -0.480 e. The summed E-state index contributed by atoms with van der Waals surface area (Å²) in [6, 6.07) is -7.45. The van der Waals surface area contributed by atoms with E-state index in [0.717, 1.165) is 0 Å². The largest absolute Gasteiger partial charge is 0.480 e. The molecule has 12 N–H and O–H groups in total. The van der Waals surface area contributed by atoms with Crippen LogP contribution in [0.5, 0.6) is 0 Å². The van der Waals surface area contributed by atoms with E-state index in [2.05, 4.69) is 23.3 Å². The van der Waals surface area contributed by atoms with Gasteiger partial charge in [0.05, 0.1) is 25.9 Å². The van der Waals surface area contributed by atoms with Crippen molar-refractivity contribution in [1.82, 2.24) is 21.3 Å². The highest BCUT2D eigenvalue weighted by atomic mass is 32.1. The molecule has 0 aromatic heterocycles. The molecular weight excluding hydrogens is 480 g/mol. The van der Waals surface area contributed by atoms with E-state index in [1.165, 1.54) is 0 Å². The van der Waals surface area contributed by atoms with E-state index in [4.69, 9.17) is 21.7 Å². The lowest BCUT2D eigenvalue weighted by Crippen LogP contribution is -2.60. The van der Waals surface area contributed by atoms with Gasteiger partial charge in [-0.15, -0.1) is 0 Å².